The molecule has 0 aromatic carbocycles. The third kappa shape index (κ3) is 6.43. The highest BCUT2D eigenvalue weighted by molar-refractivity contribution is 5.69. The van der Waals surface area contributed by atoms with Gasteiger partial charge in [0.15, 0.2) is 17.4 Å². The molecule has 1 aliphatic heterocycles. The maximum atomic E-state index is 11.9. The largest absolute Gasteiger partial charge is 0.480 e. The molecule has 4 heterocycles. The number of nitrogens with zero attached hydrogens (tertiary/aromatic N) is 5. The van der Waals surface area contributed by atoms with Crippen LogP contribution >= 0.6 is 0 Å². The van der Waals surface area contributed by atoms with E-state index in [-0.39, 0.29) is 24.2 Å². The number of aromatic nitrogens is 3. The van der Waals surface area contributed by atoms with Gasteiger partial charge in [0.05, 0.1) is 31.0 Å². The van der Waals surface area contributed by atoms with Crippen LogP contribution in [0.4, 0.5) is 0 Å². The molecule has 2 N–H and O–H groups in total. The highest BCUT2D eigenvalue weighted by Gasteiger charge is 2.43. The second kappa shape index (κ2) is 11.7. The summed E-state index contributed by atoms with van der Waals surface area (Å²) in [5, 5.41) is 13.6. The maximum absolute atomic E-state index is 11.9. The molecule has 3 unspecified atom stereocenters. The van der Waals surface area contributed by atoms with Gasteiger partial charge in [0.25, 0.3) is 0 Å². The number of carbonyl (C=O) groups is 1. The van der Waals surface area contributed by atoms with Crippen LogP contribution in [0.3, 0.4) is 0 Å². The Morgan fingerprint density at radius 3 is 2.50 bits per heavy atom. The SMILES string of the molecule is CC1(C)CN(C2CC(NCc3ccccn3)CC(N(CC(=O)O)Cc3ccccn3)C2)Cc2cccc[n+]21. The maximum Gasteiger partial charge on any atom is 0.317 e. The van der Waals surface area contributed by atoms with Crippen molar-refractivity contribution < 1.29 is 14.5 Å². The highest BCUT2D eigenvalue weighted by Crippen LogP contribution is 2.32. The summed E-state index contributed by atoms with van der Waals surface area (Å²) in [6.07, 6.45) is 8.65. The van der Waals surface area contributed by atoms with Crippen LogP contribution < -0.4 is 9.88 Å². The Balaban J connectivity index is 1.39. The molecule has 1 saturated carbocycles. The molecule has 200 valence electrons. The van der Waals surface area contributed by atoms with Crippen molar-refractivity contribution in [2.45, 2.75) is 76.4 Å². The van der Waals surface area contributed by atoms with Crippen molar-refractivity contribution >= 4 is 5.97 Å². The number of carboxylic acids is 1. The minimum atomic E-state index is -0.800. The molecule has 0 bridgehead atoms. The standard InChI is InChI=1S/C30H38N6O2/c1-30(2)22-35(20-26-11-5-8-14-36(26)30)28-16-25(33-18-23-9-3-6-12-31-23)15-27(17-28)34(21-29(37)38)19-24-10-4-7-13-32-24/h3-14,25,27-28,33H,15-22H2,1-2H3/p+1. The second-order valence-electron chi connectivity index (χ2n) is 11.3. The van der Waals surface area contributed by atoms with Crippen molar-refractivity contribution in [2.75, 3.05) is 13.1 Å². The summed E-state index contributed by atoms with van der Waals surface area (Å²) in [6, 6.07) is 19.0. The van der Waals surface area contributed by atoms with Crippen LogP contribution in [0.15, 0.2) is 73.2 Å². The van der Waals surface area contributed by atoms with Gasteiger partial charge in [-0.2, -0.15) is 4.57 Å². The highest BCUT2D eigenvalue weighted by atomic mass is 16.4. The van der Waals surface area contributed by atoms with Gasteiger partial charge in [-0.25, -0.2) is 0 Å². The number of rotatable bonds is 9. The van der Waals surface area contributed by atoms with Crippen LogP contribution in [0, 0.1) is 0 Å². The molecule has 8 nitrogen and oxygen atoms in total. The van der Waals surface area contributed by atoms with Crippen molar-refractivity contribution in [2.24, 2.45) is 0 Å². The molecule has 3 aromatic rings. The fourth-order valence-corrected chi connectivity index (χ4v) is 6.25. The average molecular weight is 516 g/mol. The van der Waals surface area contributed by atoms with Gasteiger partial charge >= 0.3 is 5.97 Å². The van der Waals surface area contributed by atoms with E-state index in [0.717, 1.165) is 43.7 Å². The Morgan fingerprint density at radius 2 is 1.79 bits per heavy atom. The van der Waals surface area contributed by atoms with Gasteiger partial charge in [0.2, 0.25) is 0 Å². The number of nitrogens with one attached hydrogen (secondary N) is 1. The lowest BCUT2D eigenvalue weighted by molar-refractivity contribution is -0.771. The molecular weight excluding hydrogens is 476 g/mol. The van der Waals surface area contributed by atoms with E-state index in [1.165, 1.54) is 5.69 Å². The molecule has 0 radical (unpaired) electrons. The number of hydrogen-bond acceptors (Lipinski definition) is 6. The van der Waals surface area contributed by atoms with E-state index in [9.17, 15) is 9.90 Å². The van der Waals surface area contributed by atoms with Crippen LogP contribution in [0.2, 0.25) is 0 Å². The lowest BCUT2D eigenvalue weighted by Gasteiger charge is -2.46. The summed E-state index contributed by atoms with van der Waals surface area (Å²) < 4.78 is 2.40. The van der Waals surface area contributed by atoms with Crippen LogP contribution in [-0.2, 0) is 30.0 Å². The van der Waals surface area contributed by atoms with Crippen molar-refractivity contribution in [1.29, 1.82) is 0 Å². The summed E-state index contributed by atoms with van der Waals surface area (Å²) in [5.41, 5.74) is 3.22. The van der Waals surface area contributed by atoms with Crippen molar-refractivity contribution in [1.82, 2.24) is 25.1 Å². The zero-order valence-corrected chi connectivity index (χ0v) is 22.4. The second-order valence-corrected chi connectivity index (χ2v) is 11.3. The lowest BCUT2D eigenvalue weighted by Crippen LogP contribution is -2.66. The van der Waals surface area contributed by atoms with E-state index >= 15 is 0 Å². The number of aliphatic carboxylic acids is 1. The third-order valence-corrected chi connectivity index (χ3v) is 7.97. The predicted molar refractivity (Wildman–Crippen MR) is 145 cm³/mol. The number of pyridine rings is 3. The van der Waals surface area contributed by atoms with Gasteiger partial charge < -0.3 is 10.4 Å². The fourth-order valence-electron chi connectivity index (χ4n) is 6.25. The monoisotopic (exact) mass is 515 g/mol. The minimum absolute atomic E-state index is 0.00506. The Morgan fingerprint density at radius 1 is 1.05 bits per heavy atom. The summed E-state index contributed by atoms with van der Waals surface area (Å²) in [5.74, 6) is -0.800. The quantitative estimate of drug-likeness (QED) is 0.424. The number of fused-ring (bicyclic) bond motifs is 1. The first kappa shape index (κ1) is 26.4. The van der Waals surface area contributed by atoms with Crippen LogP contribution in [0.1, 0.15) is 50.2 Å². The minimum Gasteiger partial charge on any atom is -0.480 e. The van der Waals surface area contributed by atoms with Gasteiger partial charge in [0, 0.05) is 69.6 Å². The third-order valence-electron chi connectivity index (χ3n) is 7.97. The zero-order chi connectivity index (χ0) is 26.5. The lowest BCUT2D eigenvalue weighted by atomic mass is 9.83. The molecule has 3 atom stereocenters. The molecule has 3 aromatic heterocycles. The first-order valence-corrected chi connectivity index (χ1v) is 13.6. The summed E-state index contributed by atoms with van der Waals surface area (Å²) in [7, 11) is 0. The number of hydrogen-bond donors (Lipinski definition) is 2. The van der Waals surface area contributed by atoms with Gasteiger partial charge in [-0.1, -0.05) is 18.2 Å². The average Bonchev–Trinajstić information content (AvgIpc) is 2.92. The molecule has 1 fully saturated rings. The van der Waals surface area contributed by atoms with E-state index in [4.69, 9.17) is 0 Å². The van der Waals surface area contributed by atoms with E-state index in [1.807, 2.05) is 42.6 Å². The normalized spacial score (nSPS) is 23.2. The van der Waals surface area contributed by atoms with Crippen LogP contribution in [0.25, 0.3) is 0 Å². The van der Waals surface area contributed by atoms with E-state index in [2.05, 4.69) is 67.9 Å². The molecular formula is C30H39N6O2+. The first-order valence-electron chi connectivity index (χ1n) is 13.6. The Hall–Kier alpha value is -3.20. The topological polar surface area (TPSA) is 85.5 Å². The van der Waals surface area contributed by atoms with Crippen LogP contribution in [0.5, 0.6) is 0 Å². The molecule has 0 spiro atoms. The molecule has 8 heteroatoms. The van der Waals surface area contributed by atoms with Gasteiger partial charge in [0.1, 0.15) is 0 Å². The molecule has 5 rings (SSSR count). The summed E-state index contributed by atoms with van der Waals surface area (Å²) in [6.45, 7) is 7.70. The Labute approximate surface area is 225 Å². The molecule has 0 amide bonds. The molecule has 38 heavy (non-hydrogen) atoms. The van der Waals surface area contributed by atoms with E-state index in [1.54, 1.807) is 6.20 Å². The van der Waals surface area contributed by atoms with Gasteiger partial charge in [-0.3, -0.25) is 24.6 Å². The zero-order valence-electron chi connectivity index (χ0n) is 22.4. The van der Waals surface area contributed by atoms with Crippen molar-refractivity contribution in [3.8, 4) is 0 Å². The smallest absolute Gasteiger partial charge is 0.317 e. The molecule has 1 aliphatic carbocycles. The van der Waals surface area contributed by atoms with Crippen molar-refractivity contribution in [3.05, 3.63) is 90.3 Å². The number of carboxylic acid groups (broad SMARTS) is 1. The Bertz CT molecular complexity index is 1210. The summed E-state index contributed by atoms with van der Waals surface area (Å²) in [4.78, 5) is 25.7. The van der Waals surface area contributed by atoms with Gasteiger partial charge in [-0.05, 0) is 43.5 Å². The predicted octanol–water partition coefficient (Wildman–Crippen LogP) is 2.98. The fraction of sp³-hybridized carbons (Fsp3) is 0.467. The first-order chi connectivity index (χ1) is 18.4. The van der Waals surface area contributed by atoms with Crippen LogP contribution in [-0.4, -0.2) is 62.1 Å². The summed E-state index contributed by atoms with van der Waals surface area (Å²) >= 11 is 0. The van der Waals surface area contributed by atoms with E-state index < -0.39 is 5.97 Å². The van der Waals surface area contributed by atoms with Crippen molar-refractivity contribution in [3.63, 3.8) is 0 Å². The Kier molecular flexibility index (Phi) is 8.12. The molecule has 0 saturated heterocycles. The van der Waals surface area contributed by atoms with Gasteiger partial charge in [-0.15, -0.1) is 0 Å². The van der Waals surface area contributed by atoms with E-state index in [0.29, 0.717) is 19.1 Å². The molecule has 2 aliphatic rings.